The Labute approximate surface area is 266 Å². The summed E-state index contributed by atoms with van der Waals surface area (Å²) in [7, 11) is 0. The summed E-state index contributed by atoms with van der Waals surface area (Å²) in [6.45, 7) is 6.11. The lowest BCUT2D eigenvalue weighted by molar-refractivity contribution is -0.160. The molecule has 4 aliphatic heterocycles. The van der Waals surface area contributed by atoms with Crippen LogP contribution in [0.5, 0.6) is 5.75 Å². The number of ether oxygens (including phenoxy) is 2. The number of nitrogens with zero attached hydrogens (tertiary/aromatic N) is 7. The highest BCUT2D eigenvalue weighted by Gasteiger charge is 2.47. The van der Waals surface area contributed by atoms with Crippen LogP contribution in [0, 0.1) is 11.3 Å². The van der Waals surface area contributed by atoms with Crippen molar-refractivity contribution >= 4 is 23.2 Å². The molecule has 2 aromatic carbocycles. The van der Waals surface area contributed by atoms with E-state index in [1.54, 1.807) is 18.2 Å². The van der Waals surface area contributed by atoms with E-state index in [2.05, 4.69) is 53.6 Å². The zero-order valence-electron chi connectivity index (χ0n) is 25.3. The number of carbonyl (C=O) groups is 1. The minimum absolute atomic E-state index is 0.165. The van der Waals surface area contributed by atoms with Crippen LogP contribution in [0.3, 0.4) is 0 Å². The van der Waals surface area contributed by atoms with Crippen molar-refractivity contribution in [3.63, 3.8) is 0 Å². The van der Waals surface area contributed by atoms with Gasteiger partial charge in [-0.15, -0.1) is 0 Å². The van der Waals surface area contributed by atoms with E-state index in [0.29, 0.717) is 23.4 Å². The number of aliphatic hydroxyl groups is 1. The van der Waals surface area contributed by atoms with Gasteiger partial charge in [0, 0.05) is 69.2 Å². The van der Waals surface area contributed by atoms with Gasteiger partial charge in [-0.25, -0.2) is 14.4 Å². The minimum Gasteiger partial charge on any atom is -0.486 e. The van der Waals surface area contributed by atoms with Crippen molar-refractivity contribution in [1.29, 1.82) is 5.26 Å². The number of carbonyl (C=O) groups excluding carboxylic acids is 1. The Balaban J connectivity index is 0.964. The molecule has 4 saturated heterocycles. The number of nitriles is 1. The normalized spacial score (nSPS) is 23.2. The monoisotopic (exact) mass is 629 g/mol. The van der Waals surface area contributed by atoms with Crippen molar-refractivity contribution in [2.45, 2.75) is 30.3 Å². The highest BCUT2D eigenvalue weighted by molar-refractivity contribution is 5.87. The Morgan fingerprint density at radius 2 is 1.89 bits per heavy atom. The van der Waals surface area contributed by atoms with Gasteiger partial charge in [0.2, 0.25) is 5.95 Å². The minimum atomic E-state index is -1.47. The number of hydrogen-bond acceptors (Lipinski definition) is 12. The van der Waals surface area contributed by atoms with E-state index in [4.69, 9.17) is 9.47 Å². The van der Waals surface area contributed by atoms with Gasteiger partial charge in [0.05, 0.1) is 31.4 Å². The maximum atomic E-state index is 15.1. The Morgan fingerprint density at radius 3 is 2.54 bits per heavy atom. The van der Waals surface area contributed by atoms with E-state index in [1.165, 1.54) is 16.9 Å². The lowest BCUT2D eigenvalue weighted by Crippen LogP contribution is -2.69. The number of anilines is 3. The van der Waals surface area contributed by atoms with E-state index in [-0.39, 0.29) is 43.9 Å². The summed E-state index contributed by atoms with van der Waals surface area (Å²) in [6.07, 6.45) is -0.660. The molecule has 46 heavy (non-hydrogen) atoms. The van der Waals surface area contributed by atoms with Gasteiger partial charge in [-0.2, -0.15) is 10.2 Å². The number of β-amino-alcohol motifs (C(OH)–C–C–N with tert-alkyl or cyclic N) is 1. The molecule has 4 aliphatic rings. The van der Waals surface area contributed by atoms with E-state index >= 15 is 4.39 Å². The van der Waals surface area contributed by atoms with Crippen LogP contribution in [-0.4, -0.2) is 125 Å². The van der Waals surface area contributed by atoms with E-state index in [1.807, 2.05) is 12.1 Å². The third-order valence-corrected chi connectivity index (χ3v) is 9.15. The van der Waals surface area contributed by atoms with Crippen LogP contribution in [0.4, 0.5) is 21.7 Å². The standard InChI is InChI=1S/C32H36FN9O4/c33-26-15-42(30(43)32(44)18-35-19-32)8-7-28(26)46-27-6-1-21(13-22(27)14-34)29-36-20-37-31(39-29)38-23-2-4-24(5-3-23)40-9-11-41(12-10-40)25-16-45-17-25/h1-6,13,20,25-26,28,35,44H,7-12,15-19H2,(H,36,37,38,39). The van der Waals surface area contributed by atoms with Crippen molar-refractivity contribution in [2.24, 2.45) is 0 Å². The number of benzene rings is 2. The Kier molecular flexibility index (Phi) is 8.39. The average molecular weight is 630 g/mol. The molecule has 2 atom stereocenters. The van der Waals surface area contributed by atoms with Gasteiger partial charge in [0.15, 0.2) is 17.6 Å². The first-order valence-electron chi connectivity index (χ1n) is 15.6. The fourth-order valence-corrected chi connectivity index (χ4v) is 6.19. The van der Waals surface area contributed by atoms with Gasteiger partial charge in [-0.05, 0) is 42.5 Å². The smallest absolute Gasteiger partial charge is 0.257 e. The second-order valence-corrected chi connectivity index (χ2v) is 12.2. The molecule has 5 heterocycles. The molecule has 4 fully saturated rings. The number of nitrogens with one attached hydrogen (secondary N) is 2. The number of alkyl halides is 1. The fourth-order valence-electron chi connectivity index (χ4n) is 6.19. The van der Waals surface area contributed by atoms with Crippen molar-refractivity contribution in [3.8, 4) is 23.2 Å². The lowest BCUT2D eigenvalue weighted by Gasteiger charge is -2.43. The number of likely N-dealkylation sites (tertiary alicyclic amines) is 1. The summed E-state index contributed by atoms with van der Waals surface area (Å²) < 4.78 is 26.4. The van der Waals surface area contributed by atoms with Crippen LogP contribution in [0.25, 0.3) is 11.4 Å². The second-order valence-electron chi connectivity index (χ2n) is 12.2. The molecule has 1 amide bonds. The van der Waals surface area contributed by atoms with Crippen LogP contribution in [-0.2, 0) is 9.53 Å². The largest absolute Gasteiger partial charge is 0.486 e. The first kappa shape index (κ1) is 30.2. The molecule has 2 unspecified atom stereocenters. The first-order valence-corrected chi connectivity index (χ1v) is 15.6. The van der Waals surface area contributed by atoms with Gasteiger partial charge in [0.1, 0.15) is 24.3 Å². The summed E-state index contributed by atoms with van der Waals surface area (Å²) in [4.78, 5) is 31.9. The molecule has 0 saturated carbocycles. The lowest BCUT2D eigenvalue weighted by atomic mass is 9.93. The number of rotatable bonds is 8. The number of halogens is 1. The van der Waals surface area contributed by atoms with E-state index in [9.17, 15) is 15.2 Å². The molecular weight excluding hydrogens is 593 g/mol. The molecule has 0 aliphatic carbocycles. The summed E-state index contributed by atoms with van der Waals surface area (Å²) >= 11 is 0. The highest BCUT2D eigenvalue weighted by atomic mass is 19.1. The van der Waals surface area contributed by atoms with Crippen LogP contribution in [0.1, 0.15) is 12.0 Å². The Morgan fingerprint density at radius 1 is 1.11 bits per heavy atom. The van der Waals surface area contributed by atoms with E-state index in [0.717, 1.165) is 45.1 Å². The second kappa shape index (κ2) is 12.8. The predicted molar refractivity (Wildman–Crippen MR) is 166 cm³/mol. The van der Waals surface area contributed by atoms with E-state index < -0.39 is 23.8 Å². The van der Waals surface area contributed by atoms with Crippen LogP contribution in [0.2, 0.25) is 0 Å². The molecule has 3 aromatic rings. The molecule has 7 rings (SSSR count). The van der Waals surface area contributed by atoms with Crippen molar-refractivity contribution < 1.29 is 23.8 Å². The molecule has 0 spiro atoms. The predicted octanol–water partition coefficient (Wildman–Crippen LogP) is 1.33. The molecule has 13 nitrogen and oxygen atoms in total. The summed E-state index contributed by atoms with van der Waals surface area (Å²) in [6, 6.07) is 15.8. The van der Waals surface area contributed by atoms with Crippen molar-refractivity contribution in [1.82, 2.24) is 30.1 Å². The topological polar surface area (TPSA) is 152 Å². The molecule has 0 bridgehead atoms. The first-order chi connectivity index (χ1) is 22.4. The van der Waals surface area contributed by atoms with Gasteiger partial charge >= 0.3 is 0 Å². The number of hydrogen-bond donors (Lipinski definition) is 3. The number of piperazine rings is 1. The summed E-state index contributed by atoms with van der Waals surface area (Å²) in [5.41, 5.74) is 1.33. The number of amides is 1. The molecular formula is C32H36FN9O4. The Bertz CT molecular complexity index is 1600. The zero-order valence-corrected chi connectivity index (χ0v) is 25.3. The summed E-state index contributed by atoms with van der Waals surface area (Å²) in [5, 5.41) is 26.3. The third-order valence-electron chi connectivity index (χ3n) is 9.15. The Hall–Kier alpha value is -4.42. The van der Waals surface area contributed by atoms with Gasteiger partial charge in [-0.1, -0.05) is 0 Å². The van der Waals surface area contributed by atoms with Gasteiger partial charge < -0.3 is 35.0 Å². The van der Waals surface area contributed by atoms with Gasteiger partial charge in [-0.3, -0.25) is 9.69 Å². The zero-order chi connectivity index (χ0) is 31.7. The number of aromatic nitrogens is 3. The third kappa shape index (κ3) is 6.19. The van der Waals surface area contributed by atoms with Crippen molar-refractivity contribution in [2.75, 3.05) is 75.8 Å². The van der Waals surface area contributed by atoms with Crippen LogP contribution >= 0.6 is 0 Å². The quantitative estimate of drug-likeness (QED) is 0.330. The molecule has 14 heteroatoms. The molecule has 0 radical (unpaired) electrons. The molecule has 3 N–H and O–H groups in total. The number of piperidine rings is 1. The summed E-state index contributed by atoms with van der Waals surface area (Å²) in [5.74, 6) is 0.496. The van der Waals surface area contributed by atoms with Crippen LogP contribution < -0.4 is 20.3 Å². The maximum absolute atomic E-state index is 15.1. The fraction of sp³-hybridized carbons (Fsp3) is 0.469. The molecule has 240 valence electrons. The maximum Gasteiger partial charge on any atom is 0.257 e. The average Bonchev–Trinajstić information content (AvgIpc) is 3.04. The molecule has 1 aromatic heterocycles. The SMILES string of the molecule is N#Cc1cc(-c2ncnc(Nc3ccc(N4CCN(C5COC5)CC4)cc3)n2)ccc1OC1CCN(C(=O)C2(O)CNC2)CC1F. The highest BCUT2D eigenvalue weighted by Crippen LogP contribution is 2.30. The van der Waals surface area contributed by atoms with Crippen molar-refractivity contribution in [3.05, 3.63) is 54.4 Å². The van der Waals surface area contributed by atoms with Crippen LogP contribution in [0.15, 0.2) is 48.8 Å². The van der Waals surface area contributed by atoms with Gasteiger partial charge in [0.25, 0.3) is 5.91 Å².